The van der Waals surface area contributed by atoms with Gasteiger partial charge in [-0.05, 0) is 23.8 Å². The number of hydrogen-bond acceptors (Lipinski definition) is 4. The Labute approximate surface area is 143 Å². The van der Waals surface area contributed by atoms with Crippen LogP contribution in [0.4, 0.5) is 9.18 Å². The van der Waals surface area contributed by atoms with Gasteiger partial charge >= 0.3 is 12.0 Å². The van der Waals surface area contributed by atoms with Crippen LogP contribution in [0.15, 0.2) is 48.5 Å². The van der Waals surface area contributed by atoms with Crippen LogP contribution in [0.5, 0.6) is 0 Å². The van der Waals surface area contributed by atoms with E-state index in [1.54, 1.807) is 30.3 Å². The highest BCUT2D eigenvalue weighted by atomic mass is 19.1. The largest absolute Gasteiger partial charge is 0.457 e. The number of halogens is 1. The first-order chi connectivity index (χ1) is 12.0. The topological polar surface area (TPSA) is 75.7 Å². The Balaban J connectivity index is 1.60. The predicted octanol–water partition coefficient (Wildman–Crippen LogP) is 2.23. The third kappa shape index (κ3) is 3.82. The van der Waals surface area contributed by atoms with E-state index in [0.29, 0.717) is 16.7 Å². The quantitative estimate of drug-likeness (QED) is 0.668. The molecule has 1 saturated heterocycles. The van der Waals surface area contributed by atoms with Crippen molar-refractivity contribution in [1.82, 2.24) is 10.2 Å². The fourth-order valence-corrected chi connectivity index (χ4v) is 2.39. The number of nitrogens with one attached hydrogen (secondary N) is 1. The van der Waals surface area contributed by atoms with Crippen molar-refractivity contribution >= 4 is 17.9 Å². The highest BCUT2D eigenvalue weighted by Crippen LogP contribution is 2.13. The first-order valence-electron chi connectivity index (χ1n) is 7.62. The lowest BCUT2D eigenvalue weighted by Crippen LogP contribution is -2.30. The van der Waals surface area contributed by atoms with E-state index in [2.05, 4.69) is 5.32 Å². The number of hydrogen-bond donors (Lipinski definition) is 1. The Morgan fingerprint density at radius 1 is 1.12 bits per heavy atom. The standard InChI is InChI=1S/C18H15FN2O4/c19-15-4-2-1-3-14(15)11-25-17(23)13-7-5-12(6-8-13)10-21-16(22)9-20-18(21)24/h1-8H,9-11H2,(H,20,24). The fraction of sp³-hybridized carbons (Fsp3) is 0.167. The summed E-state index contributed by atoms with van der Waals surface area (Å²) in [6.07, 6.45) is 0. The lowest BCUT2D eigenvalue weighted by Gasteiger charge is -2.12. The maximum atomic E-state index is 13.5. The molecule has 0 radical (unpaired) electrons. The van der Waals surface area contributed by atoms with Crippen molar-refractivity contribution < 1.29 is 23.5 Å². The van der Waals surface area contributed by atoms with Crippen LogP contribution in [0.1, 0.15) is 21.5 Å². The Bertz CT molecular complexity index is 804. The van der Waals surface area contributed by atoms with Crippen LogP contribution >= 0.6 is 0 Å². The molecule has 128 valence electrons. The molecule has 6 nitrogen and oxygen atoms in total. The Kier molecular flexibility index (Phi) is 4.74. The molecular formula is C18H15FN2O4. The van der Waals surface area contributed by atoms with Crippen molar-refractivity contribution in [2.24, 2.45) is 0 Å². The van der Waals surface area contributed by atoms with Gasteiger partial charge in [0.05, 0.1) is 18.7 Å². The van der Waals surface area contributed by atoms with Gasteiger partial charge in [0.15, 0.2) is 0 Å². The molecule has 3 rings (SSSR count). The number of benzene rings is 2. The van der Waals surface area contributed by atoms with Gasteiger partial charge in [-0.15, -0.1) is 0 Å². The molecule has 1 N–H and O–H groups in total. The van der Waals surface area contributed by atoms with Gasteiger partial charge < -0.3 is 10.1 Å². The molecule has 2 aromatic rings. The molecule has 1 aliphatic rings. The molecule has 0 aliphatic carbocycles. The lowest BCUT2D eigenvalue weighted by atomic mass is 10.1. The molecule has 0 spiro atoms. The zero-order valence-corrected chi connectivity index (χ0v) is 13.2. The van der Waals surface area contributed by atoms with E-state index in [0.717, 1.165) is 4.90 Å². The van der Waals surface area contributed by atoms with Gasteiger partial charge in [0.1, 0.15) is 12.4 Å². The van der Waals surface area contributed by atoms with Gasteiger partial charge in [-0.3, -0.25) is 9.69 Å². The third-order valence-corrected chi connectivity index (χ3v) is 3.78. The molecule has 0 aromatic heterocycles. The molecule has 1 fully saturated rings. The van der Waals surface area contributed by atoms with E-state index in [1.807, 2.05) is 0 Å². The van der Waals surface area contributed by atoms with E-state index < -0.39 is 17.8 Å². The highest BCUT2D eigenvalue weighted by Gasteiger charge is 2.28. The maximum absolute atomic E-state index is 13.5. The number of imide groups is 1. The van der Waals surface area contributed by atoms with Crippen molar-refractivity contribution in [2.75, 3.05) is 6.54 Å². The minimum absolute atomic E-state index is 0.000706. The van der Waals surface area contributed by atoms with Crippen LogP contribution in [0, 0.1) is 5.82 Å². The fourth-order valence-electron chi connectivity index (χ4n) is 2.39. The minimum Gasteiger partial charge on any atom is -0.457 e. The molecule has 7 heteroatoms. The number of carbonyl (C=O) groups is 3. The molecule has 0 atom stereocenters. The van der Waals surface area contributed by atoms with Crippen molar-refractivity contribution in [1.29, 1.82) is 0 Å². The summed E-state index contributed by atoms with van der Waals surface area (Å²) in [6.45, 7) is -0.0236. The predicted molar refractivity (Wildman–Crippen MR) is 85.9 cm³/mol. The Morgan fingerprint density at radius 3 is 2.48 bits per heavy atom. The molecule has 0 bridgehead atoms. The van der Waals surface area contributed by atoms with Crippen molar-refractivity contribution in [3.05, 3.63) is 71.0 Å². The number of nitrogens with zero attached hydrogens (tertiary/aromatic N) is 1. The second-order valence-electron chi connectivity index (χ2n) is 5.50. The summed E-state index contributed by atoms with van der Waals surface area (Å²) in [5, 5.41) is 2.44. The summed E-state index contributed by atoms with van der Waals surface area (Å²) >= 11 is 0. The van der Waals surface area contributed by atoms with E-state index in [4.69, 9.17) is 4.74 Å². The summed E-state index contributed by atoms with van der Waals surface area (Å²) in [4.78, 5) is 36.2. The second kappa shape index (κ2) is 7.12. The lowest BCUT2D eigenvalue weighted by molar-refractivity contribution is -0.125. The third-order valence-electron chi connectivity index (χ3n) is 3.78. The zero-order valence-electron chi connectivity index (χ0n) is 13.2. The normalized spacial score (nSPS) is 13.7. The van der Waals surface area contributed by atoms with Gasteiger partial charge in [-0.2, -0.15) is 0 Å². The smallest absolute Gasteiger partial charge is 0.338 e. The second-order valence-corrected chi connectivity index (χ2v) is 5.50. The maximum Gasteiger partial charge on any atom is 0.338 e. The molecular weight excluding hydrogens is 327 g/mol. The molecule has 3 amide bonds. The number of ether oxygens (including phenoxy) is 1. The van der Waals surface area contributed by atoms with Gasteiger partial charge in [0.25, 0.3) is 0 Å². The van der Waals surface area contributed by atoms with Gasteiger partial charge in [0.2, 0.25) is 5.91 Å². The highest BCUT2D eigenvalue weighted by molar-refractivity contribution is 6.01. The summed E-state index contributed by atoms with van der Waals surface area (Å²) in [7, 11) is 0. The first kappa shape index (κ1) is 16.6. The van der Waals surface area contributed by atoms with Crippen LogP contribution in [-0.4, -0.2) is 29.4 Å². The van der Waals surface area contributed by atoms with Gasteiger partial charge in [0, 0.05) is 5.56 Å². The summed E-state index contributed by atoms with van der Waals surface area (Å²) in [5.74, 6) is -1.30. The summed E-state index contributed by atoms with van der Waals surface area (Å²) < 4.78 is 18.6. The van der Waals surface area contributed by atoms with E-state index in [1.165, 1.54) is 18.2 Å². The van der Waals surface area contributed by atoms with Gasteiger partial charge in [-0.1, -0.05) is 30.3 Å². The molecule has 1 heterocycles. The van der Waals surface area contributed by atoms with Crippen LogP contribution in [0.2, 0.25) is 0 Å². The molecule has 2 aromatic carbocycles. The van der Waals surface area contributed by atoms with Crippen molar-refractivity contribution in [3.8, 4) is 0 Å². The van der Waals surface area contributed by atoms with Crippen molar-refractivity contribution in [2.45, 2.75) is 13.2 Å². The number of esters is 1. The minimum atomic E-state index is -0.579. The zero-order chi connectivity index (χ0) is 17.8. The molecule has 0 unspecified atom stereocenters. The average molecular weight is 342 g/mol. The monoisotopic (exact) mass is 342 g/mol. The number of amides is 3. The molecule has 0 saturated carbocycles. The van der Waals surface area contributed by atoms with E-state index in [9.17, 15) is 18.8 Å². The molecule has 1 aliphatic heterocycles. The number of rotatable bonds is 5. The van der Waals surface area contributed by atoms with Crippen LogP contribution < -0.4 is 5.32 Å². The number of carbonyl (C=O) groups excluding carboxylic acids is 3. The average Bonchev–Trinajstić information content (AvgIpc) is 2.93. The molecule has 25 heavy (non-hydrogen) atoms. The van der Waals surface area contributed by atoms with Gasteiger partial charge in [-0.25, -0.2) is 14.0 Å². The summed E-state index contributed by atoms with van der Waals surface area (Å²) in [5.41, 5.74) is 1.30. The Hall–Kier alpha value is -3.22. The number of urea groups is 1. The Morgan fingerprint density at radius 2 is 1.84 bits per heavy atom. The van der Waals surface area contributed by atoms with E-state index >= 15 is 0 Å². The van der Waals surface area contributed by atoms with Crippen LogP contribution in [0.3, 0.4) is 0 Å². The first-order valence-corrected chi connectivity index (χ1v) is 7.62. The van der Waals surface area contributed by atoms with Crippen LogP contribution in [0.25, 0.3) is 0 Å². The SMILES string of the molecule is O=C(OCc1ccccc1F)c1ccc(CN2C(=O)CNC2=O)cc1. The summed E-state index contributed by atoms with van der Waals surface area (Å²) in [6, 6.07) is 12.0. The van der Waals surface area contributed by atoms with Crippen LogP contribution in [-0.2, 0) is 22.7 Å². The van der Waals surface area contributed by atoms with E-state index in [-0.39, 0.29) is 25.6 Å². The van der Waals surface area contributed by atoms with Crippen molar-refractivity contribution in [3.63, 3.8) is 0 Å².